The van der Waals surface area contributed by atoms with E-state index in [1.54, 1.807) is 0 Å². The molecule has 0 amide bonds. The lowest BCUT2D eigenvalue weighted by molar-refractivity contribution is -0.121. The third-order valence-corrected chi connectivity index (χ3v) is 2.12. The highest BCUT2D eigenvalue weighted by molar-refractivity contribution is 5.83. The van der Waals surface area contributed by atoms with Gasteiger partial charge in [-0.15, -0.1) is 0 Å². The molecule has 0 saturated heterocycles. The molecule has 0 aromatic heterocycles. The zero-order chi connectivity index (χ0) is 9.56. The lowest BCUT2D eigenvalue weighted by Gasteiger charge is -2.13. The summed E-state index contributed by atoms with van der Waals surface area (Å²) in [6.07, 6.45) is 3.95. The zero-order valence-electron chi connectivity index (χ0n) is 8.47. The zero-order valence-corrected chi connectivity index (χ0v) is 8.47. The van der Waals surface area contributed by atoms with Crippen LogP contribution in [0.2, 0.25) is 0 Å². The number of hydrogen-bond donors (Lipinski definition) is 1. The maximum atomic E-state index is 11.3. The van der Waals surface area contributed by atoms with Gasteiger partial charge in [-0.05, 0) is 12.3 Å². The summed E-state index contributed by atoms with van der Waals surface area (Å²) in [6.45, 7) is 6.11. The van der Waals surface area contributed by atoms with Gasteiger partial charge >= 0.3 is 0 Å². The maximum Gasteiger partial charge on any atom is 0.149 e. The minimum Gasteiger partial charge on any atom is -0.321 e. The fourth-order valence-corrected chi connectivity index (χ4v) is 1.09. The second-order valence-electron chi connectivity index (χ2n) is 3.69. The summed E-state index contributed by atoms with van der Waals surface area (Å²) in [6, 6.07) is -0.248. The van der Waals surface area contributed by atoms with E-state index < -0.39 is 0 Å². The minimum absolute atomic E-state index is 0.221. The van der Waals surface area contributed by atoms with E-state index in [1.165, 1.54) is 0 Å². The van der Waals surface area contributed by atoms with Crippen LogP contribution in [0.3, 0.4) is 0 Å². The molecule has 2 N–H and O–H groups in total. The van der Waals surface area contributed by atoms with Gasteiger partial charge in [-0.2, -0.15) is 0 Å². The highest BCUT2D eigenvalue weighted by atomic mass is 16.1. The number of Topliss-reactive ketones (excluding diaryl/α,β-unsaturated/α-hetero) is 1. The summed E-state index contributed by atoms with van der Waals surface area (Å²) in [7, 11) is 0. The van der Waals surface area contributed by atoms with E-state index in [0.717, 1.165) is 19.3 Å². The van der Waals surface area contributed by atoms with E-state index in [4.69, 9.17) is 5.73 Å². The van der Waals surface area contributed by atoms with Gasteiger partial charge in [-0.3, -0.25) is 4.79 Å². The van der Waals surface area contributed by atoms with Crippen molar-refractivity contribution in [2.24, 2.45) is 11.7 Å². The lowest BCUT2D eigenvalue weighted by atomic mass is 9.97. The fourth-order valence-electron chi connectivity index (χ4n) is 1.09. The van der Waals surface area contributed by atoms with Crippen LogP contribution in [0.25, 0.3) is 0 Å². The van der Waals surface area contributed by atoms with Crippen molar-refractivity contribution in [3.8, 4) is 0 Å². The predicted octanol–water partition coefficient (Wildman–Crippen LogP) is 2.12. The largest absolute Gasteiger partial charge is 0.321 e. The normalized spacial score (nSPS) is 13.4. The van der Waals surface area contributed by atoms with Gasteiger partial charge in [0.25, 0.3) is 0 Å². The van der Waals surface area contributed by atoms with Crippen molar-refractivity contribution in [3.63, 3.8) is 0 Å². The van der Waals surface area contributed by atoms with Crippen molar-refractivity contribution in [1.29, 1.82) is 0 Å². The van der Waals surface area contributed by atoms with Crippen LogP contribution in [0.5, 0.6) is 0 Å². The molecule has 2 heteroatoms. The van der Waals surface area contributed by atoms with E-state index in [9.17, 15) is 4.79 Å². The number of carbonyl (C=O) groups is 1. The molecular weight excluding hydrogens is 150 g/mol. The van der Waals surface area contributed by atoms with Gasteiger partial charge in [0.1, 0.15) is 5.78 Å². The first kappa shape index (κ1) is 11.6. The third kappa shape index (κ3) is 4.50. The van der Waals surface area contributed by atoms with Gasteiger partial charge in [-0.1, -0.05) is 33.6 Å². The highest BCUT2D eigenvalue weighted by Gasteiger charge is 2.15. The summed E-state index contributed by atoms with van der Waals surface area (Å²) >= 11 is 0. The first-order valence-corrected chi connectivity index (χ1v) is 4.87. The number of unbranched alkanes of at least 4 members (excludes halogenated alkanes) is 2. The number of carbonyl (C=O) groups excluding carboxylic acids is 1. The Balaban J connectivity index is 3.57. The molecule has 2 nitrogen and oxygen atoms in total. The van der Waals surface area contributed by atoms with E-state index >= 15 is 0 Å². The summed E-state index contributed by atoms with van der Waals surface area (Å²) in [4.78, 5) is 11.3. The standard InChI is InChI=1S/C10H21NO/c1-4-5-6-7-9(12)10(11)8(2)3/h8,10H,4-7,11H2,1-3H3/t10-/m0/s1. The molecule has 0 bridgehead atoms. The molecular formula is C10H21NO. The van der Waals surface area contributed by atoms with Crippen LogP contribution >= 0.6 is 0 Å². The minimum atomic E-state index is -0.248. The molecule has 0 fully saturated rings. The average Bonchev–Trinajstić information content (AvgIpc) is 2.03. The molecule has 0 aliphatic rings. The first-order chi connectivity index (χ1) is 5.59. The molecule has 0 spiro atoms. The molecule has 0 radical (unpaired) electrons. The monoisotopic (exact) mass is 171 g/mol. The maximum absolute atomic E-state index is 11.3. The van der Waals surface area contributed by atoms with E-state index in [1.807, 2.05) is 13.8 Å². The van der Waals surface area contributed by atoms with Gasteiger partial charge < -0.3 is 5.73 Å². The van der Waals surface area contributed by atoms with E-state index in [2.05, 4.69) is 6.92 Å². The van der Waals surface area contributed by atoms with Crippen LogP contribution in [-0.4, -0.2) is 11.8 Å². The van der Waals surface area contributed by atoms with Gasteiger partial charge in [0.2, 0.25) is 0 Å². The van der Waals surface area contributed by atoms with Crippen LogP contribution in [0, 0.1) is 5.92 Å². The molecule has 1 atom stereocenters. The fraction of sp³-hybridized carbons (Fsp3) is 0.900. The van der Waals surface area contributed by atoms with Gasteiger partial charge in [0.15, 0.2) is 0 Å². The third-order valence-electron chi connectivity index (χ3n) is 2.12. The predicted molar refractivity (Wildman–Crippen MR) is 52.0 cm³/mol. The molecule has 12 heavy (non-hydrogen) atoms. The Hall–Kier alpha value is -0.370. The summed E-state index contributed by atoms with van der Waals surface area (Å²) in [5, 5.41) is 0. The molecule has 0 aromatic carbocycles. The first-order valence-electron chi connectivity index (χ1n) is 4.87. The molecule has 0 unspecified atom stereocenters. The quantitative estimate of drug-likeness (QED) is 0.622. The Morgan fingerprint density at radius 2 is 1.92 bits per heavy atom. The number of rotatable bonds is 6. The molecule has 0 aromatic rings. The Morgan fingerprint density at radius 3 is 2.33 bits per heavy atom. The van der Waals surface area contributed by atoms with Crippen molar-refractivity contribution in [3.05, 3.63) is 0 Å². The summed E-state index contributed by atoms with van der Waals surface area (Å²) in [5.41, 5.74) is 5.69. The van der Waals surface area contributed by atoms with E-state index in [-0.39, 0.29) is 17.7 Å². The Bertz CT molecular complexity index is 132. The van der Waals surface area contributed by atoms with Crippen LogP contribution in [0.15, 0.2) is 0 Å². The number of nitrogens with two attached hydrogens (primary N) is 1. The highest BCUT2D eigenvalue weighted by Crippen LogP contribution is 2.06. The molecule has 0 aliphatic carbocycles. The second kappa shape index (κ2) is 6.18. The van der Waals surface area contributed by atoms with Gasteiger partial charge in [0.05, 0.1) is 6.04 Å². The summed E-state index contributed by atoms with van der Waals surface area (Å²) < 4.78 is 0. The van der Waals surface area contributed by atoms with Gasteiger partial charge in [-0.25, -0.2) is 0 Å². The molecule has 72 valence electrons. The topological polar surface area (TPSA) is 43.1 Å². The summed E-state index contributed by atoms with van der Waals surface area (Å²) in [5.74, 6) is 0.498. The average molecular weight is 171 g/mol. The molecule has 0 heterocycles. The van der Waals surface area contributed by atoms with Crippen LogP contribution in [-0.2, 0) is 4.79 Å². The van der Waals surface area contributed by atoms with Crippen molar-refractivity contribution in [2.45, 2.75) is 52.5 Å². The van der Waals surface area contributed by atoms with Crippen LogP contribution in [0.4, 0.5) is 0 Å². The van der Waals surface area contributed by atoms with Crippen LogP contribution in [0.1, 0.15) is 46.5 Å². The number of ketones is 1. The Labute approximate surface area is 75.5 Å². The molecule has 0 saturated carbocycles. The Morgan fingerprint density at radius 1 is 1.33 bits per heavy atom. The van der Waals surface area contributed by atoms with Crippen LogP contribution < -0.4 is 5.73 Å². The van der Waals surface area contributed by atoms with Crippen molar-refractivity contribution >= 4 is 5.78 Å². The number of hydrogen-bond acceptors (Lipinski definition) is 2. The lowest BCUT2D eigenvalue weighted by Crippen LogP contribution is -2.35. The smallest absolute Gasteiger partial charge is 0.149 e. The SMILES string of the molecule is CCCCCC(=O)[C@@H](N)C(C)C. The van der Waals surface area contributed by atoms with Crippen molar-refractivity contribution < 1.29 is 4.79 Å². The Kier molecular flexibility index (Phi) is 5.99. The second-order valence-corrected chi connectivity index (χ2v) is 3.69. The van der Waals surface area contributed by atoms with Gasteiger partial charge in [0, 0.05) is 6.42 Å². The van der Waals surface area contributed by atoms with Crippen molar-refractivity contribution in [2.75, 3.05) is 0 Å². The molecule has 0 rings (SSSR count). The molecule has 0 aliphatic heterocycles. The van der Waals surface area contributed by atoms with E-state index in [0.29, 0.717) is 6.42 Å². The van der Waals surface area contributed by atoms with Crippen molar-refractivity contribution in [1.82, 2.24) is 0 Å².